The largest absolute Gasteiger partial charge is 0.344 e. The van der Waals surface area contributed by atoms with Crippen LogP contribution >= 0.6 is 0 Å². The molecule has 2 heteroatoms. The normalized spacial score (nSPS) is 17.6. The highest BCUT2D eigenvalue weighted by molar-refractivity contribution is 5.86. The third kappa shape index (κ3) is 2.97. The first-order valence-corrected chi connectivity index (χ1v) is 9.97. The van der Waals surface area contributed by atoms with Crippen LogP contribution in [0.1, 0.15) is 41.8 Å². The van der Waals surface area contributed by atoms with Crippen LogP contribution in [0.15, 0.2) is 42.5 Å². The van der Waals surface area contributed by atoms with Crippen molar-refractivity contribution in [2.75, 3.05) is 6.54 Å². The standard InChI is InChI=1S/C24H30N2/c1-5-25-16-22-21-14-17(2)10-11-23(21)26(24(22)15-19(25)4)13-12-20-9-7-6-8-18(20)3/h6-11,14,19H,5,12-13,15-16H2,1-4H3. The Hall–Kier alpha value is -2.06. The first-order valence-electron chi connectivity index (χ1n) is 9.97. The van der Waals surface area contributed by atoms with Gasteiger partial charge in [-0.25, -0.2) is 0 Å². The van der Waals surface area contributed by atoms with Crippen molar-refractivity contribution in [3.8, 4) is 0 Å². The molecule has 1 aliphatic rings. The SMILES string of the molecule is CCN1Cc2c(n(CCc3ccccc3C)c3ccc(C)cc23)CC1C. The fraction of sp³-hybridized carbons (Fsp3) is 0.417. The Kier molecular flexibility index (Phi) is 4.62. The monoisotopic (exact) mass is 346 g/mol. The number of aryl methyl sites for hydroxylation is 4. The van der Waals surface area contributed by atoms with Crippen LogP contribution in [0.3, 0.4) is 0 Å². The van der Waals surface area contributed by atoms with Gasteiger partial charge >= 0.3 is 0 Å². The fourth-order valence-corrected chi connectivity index (χ4v) is 4.57. The summed E-state index contributed by atoms with van der Waals surface area (Å²) >= 11 is 0. The lowest BCUT2D eigenvalue weighted by molar-refractivity contribution is 0.192. The molecule has 0 N–H and O–H groups in total. The average molecular weight is 347 g/mol. The zero-order valence-corrected chi connectivity index (χ0v) is 16.5. The van der Waals surface area contributed by atoms with Crippen molar-refractivity contribution in [1.29, 1.82) is 0 Å². The van der Waals surface area contributed by atoms with Crippen LogP contribution < -0.4 is 0 Å². The molecule has 1 unspecified atom stereocenters. The molecule has 0 fully saturated rings. The minimum absolute atomic E-state index is 0.620. The zero-order chi connectivity index (χ0) is 18.3. The van der Waals surface area contributed by atoms with Crippen molar-refractivity contribution < 1.29 is 0 Å². The van der Waals surface area contributed by atoms with Gasteiger partial charge in [-0.1, -0.05) is 42.8 Å². The van der Waals surface area contributed by atoms with Crippen molar-refractivity contribution in [1.82, 2.24) is 9.47 Å². The van der Waals surface area contributed by atoms with Crippen LogP contribution in [-0.4, -0.2) is 22.1 Å². The Bertz CT molecular complexity index is 935. The molecule has 1 atom stereocenters. The van der Waals surface area contributed by atoms with Gasteiger partial charge in [-0.2, -0.15) is 0 Å². The van der Waals surface area contributed by atoms with Crippen LogP contribution in [0, 0.1) is 13.8 Å². The lowest BCUT2D eigenvalue weighted by Crippen LogP contribution is -2.38. The van der Waals surface area contributed by atoms with Crippen LogP contribution in [0.4, 0.5) is 0 Å². The summed E-state index contributed by atoms with van der Waals surface area (Å²) in [5, 5.41) is 1.47. The molecule has 2 aromatic carbocycles. The summed E-state index contributed by atoms with van der Waals surface area (Å²) in [5.74, 6) is 0. The number of benzene rings is 2. The highest BCUT2D eigenvalue weighted by atomic mass is 15.2. The molecule has 26 heavy (non-hydrogen) atoms. The van der Waals surface area contributed by atoms with E-state index in [2.05, 4.69) is 79.6 Å². The van der Waals surface area contributed by atoms with E-state index in [1.165, 1.54) is 27.6 Å². The minimum Gasteiger partial charge on any atom is -0.344 e. The number of likely N-dealkylation sites (N-methyl/N-ethyl adjacent to an activating group) is 1. The number of rotatable bonds is 4. The molecule has 0 radical (unpaired) electrons. The van der Waals surface area contributed by atoms with Gasteiger partial charge in [-0.15, -0.1) is 0 Å². The van der Waals surface area contributed by atoms with E-state index in [4.69, 9.17) is 0 Å². The summed E-state index contributed by atoms with van der Waals surface area (Å²) in [6.45, 7) is 12.4. The highest BCUT2D eigenvalue weighted by Crippen LogP contribution is 2.33. The summed E-state index contributed by atoms with van der Waals surface area (Å²) in [4.78, 5) is 2.61. The molecule has 0 saturated heterocycles. The van der Waals surface area contributed by atoms with Gasteiger partial charge in [0.2, 0.25) is 0 Å². The quantitative estimate of drug-likeness (QED) is 0.625. The lowest BCUT2D eigenvalue weighted by Gasteiger charge is -2.33. The third-order valence-electron chi connectivity index (χ3n) is 6.19. The van der Waals surface area contributed by atoms with Crippen molar-refractivity contribution in [2.24, 2.45) is 0 Å². The first kappa shape index (κ1) is 17.4. The second-order valence-corrected chi connectivity index (χ2v) is 7.89. The van der Waals surface area contributed by atoms with Gasteiger partial charge in [0.1, 0.15) is 0 Å². The first-order chi connectivity index (χ1) is 12.6. The van der Waals surface area contributed by atoms with Gasteiger partial charge in [-0.3, -0.25) is 4.90 Å². The summed E-state index contributed by atoms with van der Waals surface area (Å²) < 4.78 is 2.61. The molecule has 0 bridgehead atoms. The maximum absolute atomic E-state index is 2.61. The predicted octanol–water partition coefficient (Wildman–Crippen LogP) is 5.27. The molecule has 0 spiro atoms. The molecule has 0 amide bonds. The Morgan fingerprint density at radius 2 is 1.88 bits per heavy atom. The van der Waals surface area contributed by atoms with Crippen molar-refractivity contribution in [3.63, 3.8) is 0 Å². The number of hydrogen-bond donors (Lipinski definition) is 0. The van der Waals surface area contributed by atoms with Gasteiger partial charge in [0.15, 0.2) is 0 Å². The topological polar surface area (TPSA) is 8.17 Å². The molecule has 1 aromatic heterocycles. The molecule has 4 rings (SSSR count). The van der Waals surface area contributed by atoms with Crippen molar-refractivity contribution >= 4 is 10.9 Å². The van der Waals surface area contributed by atoms with Crippen molar-refractivity contribution in [3.05, 3.63) is 70.4 Å². The zero-order valence-electron chi connectivity index (χ0n) is 16.5. The molecule has 136 valence electrons. The van der Waals surface area contributed by atoms with Gasteiger partial charge in [0.05, 0.1) is 0 Å². The van der Waals surface area contributed by atoms with E-state index in [9.17, 15) is 0 Å². The van der Waals surface area contributed by atoms with Gasteiger partial charge < -0.3 is 4.57 Å². The van der Waals surface area contributed by atoms with E-state index in [0.29, 0.717) is 6.04 Å². The van der Waals surface area contributed by atoms with Gasteiger partial charge in [0, 0.05) is 42.1 Å². The Labute approximate surface area is 157 Å². The predicted molar refractivity (Wildman–Crippen MR) is 111 cm³/mol. The van der Waals surface area contributed by atoms with Crippen LogP contribution in [-0.2, 0) is 25.9 Å². The number of aromatic nitrogens is 1. The highest BCUT2D eigenvalue weighted by Gasteiger charge is 2.27. The smallest absolute Gasteiger partial charge is 0.0486 e. The summed E-state index contributed by atoms with van der Waals surface area (Å²) in [7, 11) is 0. The van der Waals surface area contributed by atoms with Gasteiger partial charge in [-0.05, 0) is 62.6 Å². The maximum atomic E-state index is 2.61. The number of hydrogen-bond acceptors (Lipinski definition) is 1. The van der Waals surface area contributed by atoms with E-state index in [1.54, 1.807) is 11.3 Å². The lowest BCUT2D eigenvalue weighted by atomic mass is 9.98. The molecule has 2 nitrogen and oxygen atoms in total. The number of fused-ring (bicyclic) bond motifs is 3. The van der Waals surface area contributed by atoms with E-state index in [-0.39, 0.29) is 0 Å². The molecular formula is C24H30N2. The molecule has 3 aromatic rings. The Balaban J connectivity index is 1.77. The van der Waals surface area contributed by atoms with E-state index in [0.717, 1.165) is 32.5 Å². The van der Waals surface area contributed by atoms with Crippen LogP contribution in [0.25, 0.3) is 10.9 Å². The fourth-order valence-electron chi connectivity index (χ4n) is 4.57. The van der Waals surface area contributed by atoms with E-state index < -0.39 is 0 Å². The van der Waals surface area contributed by atoms with Gasteiger partial charge in [0.25, 0.3) is 0 Å². The number of nitrogens with zero attached hydrogens (tertiary/aromatic N) is 2. The van der Waals surface area contributed by atoms with Crippen LogP contribution in [0.2, 0.25) is 0 Å². The van der Waals surface area contributed by atoms with E-state index in [1.807, 2.05) is 0 Å². The second-order valence-electron chi connectivity index (χ2n) is 7.89. The molecule has 1 aliphatic heterocycles. The van der Waals surface area contributed by atoms with Crippen molar-refractivity contribution in [2.45, 2.75) is 59.7 Å². The van der Waals surface area contributed by atoms with Crippen LogP contribution in [0.5, 0.6) is 0 Å². The molecule has 0 saturated carbocycles. The second kappa shape index (κ2) is 6.92. The Morgan fingerprint density at radius 1 is 1.08 bits per heavy atom. The molecular weight excluding hydrogens is 316 g/mol. The third-order valence-corrected chi connectivity index (χ3v) is 6.19. The molecule has 0 aliphatic carbocycles. The summed E-state index contributed by atoms with van der Waals surface area (Å²) in [5.41, 5.74) is 8.77. The Morgan fingerprint density at radius 3 is 2.65 bits per heavy atom. The average Bonchev–Trinajstić information content (AvgIpc) is 2.92. The molecule has 2 heterocycles. The summed E-state index contributed by atoms with van der Waals surface area (Å²) in [6.07, 6.45) is 2.26. The summed E-state index contributed by atoms with van der Waals surface area (Å²) in [6, 6.07) is 16.4. The maximum Gasteiger partial charge on any atom is 0.0486 e. The minimum atomic E-state index is 0.620. The van der Waals surface area contributed by atoms with E-state index >= 15 is 0 Å².